The second-order valence-corrected chi connectivity index (χ2v) is 5.89. The Hall–Kier alpha value is -1.49. The van der Waals surface area contributed by atoms with Crippen LogP contribution in [0.5, 0.6) is 0 Å². The molecule has 0 aliphatic carbocycles. The van der Waals surface area contributed by atoms with Crippen LogP contribution in [0.4, 0.5) is 0 Å². The van der Waals surface area contributed by atoms with Gasteiger partial charge in [0.15, 0.2) is 0 Å². The highest BCUT2D eigenvalue weighted by molar-refractivity contribution is 7.80. The Morgan fingerprint density at radius 1 is 1.45 bits per heavy atom. The first-order valence-corrected chi connectivity index (χ1v) is 7.28. The molecule has 1 heterocycles. The summed E-state index contributed by atoms with van der Waals surface area (Å²) in [7, 11) is 0. The molecule has 4 nitrogen and oxygen atoms in total. The number of hydrogen-bond donors (Lipinski definition) is 1. The lowest BCUT2D eigenvalue weighted by molar-refractivity contribution is -0.136. The van der Waals surface area contributed by atoms with E-state index in [-0.39, 0.29) is 11.8 Å². The average Bonchev–Trinajstić information content (AvgIpc) is 2.42. The minimum absolute atomic E-state index is 0.0157. The molecular formula is C15H23N3OS. The predicted molar refractivity (Wildman–Crippen MR) is 85.1 cm³/mol. The molecule has 0 bridgehead atoms. The number of hydrogen-bond acceptors (Lipinski definition) is 3. The topological polar surface area (TPSA) is 59.2 Å². The molecule has 1 amide bonds. The normalized spacial score (nSPS) is 12.2. The molecule has 2 N–H and O–H groups in total. The number of pyridine rings is 1. The average molecular weight is 293 g/mol. The van der Waals surface area contributed by atoms with Gasteiger partial charge >= 0.3 is 0 Å². The lowest BCUT2D eigenvalue weighted by Crippen LogP contribution is -2.38. The highest BCUT2D eigenvalue weighted by Gasteiger charge is 2.23. The summed E-state index contributed by atoms with van der Waals surface area (Å²) in [5, 5.41) is 0. The van der Waals surface area contributed by atoms with Gasteiger partial charge in [-0.2, -0.15) is 0 Å². The zero-order valence-electron chi connectivity index (χ0n) is 12.4. The number of carbonyl (C=O) groups excluding carboxylic acids is 1. The molecule has 1 aromatic rings. The monoisotopic (exact) mass is 293 g/mol. The minimum atomic E-state index is -0.0157. The largest absolute Gasteiger partial charge is 0.393 e. The van der Waals surface area contributed by atoms with Gasteiger partial charge < -0.3 is 10.6 Å². The van der Waals surface area contributed by atoms with Crippen LogP contribution in [0.2, 0.25) is 0 Å². The fourth-order valence-electron chi connectivity index (χ4n) is 1.80. The third-order valence-corrected chi connectivity index (χ3v) is 3.63. The van der Waals surface area contributed by atoms with Crippen molar-refractivity contribution >= 4 is 23.1 Å². The van der Waals surface area contributed by atoms with E-state index in [2.05, 4.69) is 18.8 Å². The van der Waals surface area contributed by atoms with Crippen molar-refractivity contribution in [1.82, 2.24) is 9.88 Å². The van der Waals surface area contributed by atoms with E-state index < -0.39 is 0 Å². The molecule has 0 aliphatic rings. The second kappa shape index (κ2) is 7.94. The summed E-state index contributed by atoms with van der Waals surface area (Å²) in [6, 6.07) is 3.84. The number of amides is 1. The summed E-state index contributed by atoms with van der Waals surface area (Å²) < 4.78 is 0. The maximum absolute atomic E-state index is 12.5. The quantitative estimate of drug-likeness (QED) is 0.784. The third kappa shape index (κ3) is 5.25. The Labute approximate surface area is 126 Å². The highest BCUT2D eigenvalue weighted by atomic mass is 32.1. The van der Waals surface area contributed by atoms with Gasteiger partial charge in [0.25, 0.3) is 0 Å². The molecule has 0 fully saturated rings. The summed E-state index contributed by atoms with van der Waals surface area (Å²) >= 11 is 4.91. The smallest absolute Gasteiger partial charge is 0.225 e. The molecule has 5 heteroatoms. The first-order chi connectivity index (χ1) is 9.41. The molecule has 0 aliphatic heterocycles. The van der Waals surface area contributed by atoms with Crippen LogP contribution in [0.25, 0.3) is 0 Å². The maximum atomic E-state index is 12.5. The van der Waals surface area contributed by atoms with Gasteiger partial charge in [0.2, 0.25) is 5.91 Å². The van der Waals surface area contributed by atoms with Gasteiger partial charge in [-0.3, -0.25) is 9.78 Å². The van der Waals surface area contributed by atoms with Crippen molar-refractivity contribution in [3.8, 4) is 0 Å². The van der Waals surface area contributed by atoms with Crippen LogP contribution in [0.3, 0.4) is 0 Å². The van der Waals surface area contributed by atoms with E-state index in [4.69, 9.17) is 18.0 Å². The van der Waals surface area contributed by atoms with Crippen molar-refractivity contribution in [2.24, 2.45) is 17.6 Å². The van der Waals surface area contributed by atoms with Crippen molar-refractivity contribution in [1.29, 1.82) is 0 Å². The Morgan fingerprint density at radius 2 is 2.15 bits per heavy atom. The van der Waals surface area contributed by atoms with E-state index in [1.54, 1.807) is 12.4 Å². The Bertz CT molecular complexity index is 448. The van der Waals surface area contributed by atoms with Gasteiger partial charge in [-0.15, -0.1) is 0 Å². The van der Waals surface area contributed by atoms with Crippen molar-refractivity contribution < 1.29 is 4.79 Å². The van der Waals surface area contributed by atoms with Gasteiger partial charge in [0.1, 0.15) is 0 Å². The minimum Gasteiger partial charge on any atom is -0.393 e. The van der Waals surface area contributed by atoms with E-state index in [1.807, 2.05) is 24.0 Å². The molecule has 1 aromatic heterocycles. The lowest BCUT2D eigenvalue weighted by Gasteiger charge is -2.27. The second-order valence-electron chi connectivity index (χ2n) is 5.37. The molecule has 110 valence electrons. The molecular weight excluding hydrogens is 270 g/mol. The summed E-state index contributed by atoms with van der Waals surface area (Å²) in [4.78, 5) is 18.9. The Balaban J connectivity index is 2.79. The summed E-state index contributed by atoms with van der Waals surface area (Å²) in [6.45, 7) is 7.17. The maximum Gasteiger partial charge on any atom is 0.225 e. The first-order valence-electron chi connectivity index (χ1n) is 6.87. The summed E-state index contributed by atoms with van der Waals surface area (Å²) in [5.41, 5.74) is 6.56. The SMILES string of the molecule is CC(C)C(C)C(=O)N(CCC(N)=S)Cc1cccnc1. The fraction of sp³-hybridized carbons (Fsp3) is 0.533. The van der Waals surface area contributed by atoms with Crippen LogP contribution in [0.1, 0.15) is 32.8 Å². The number of rotatable bonds is 7. The Morgan fingerprint density at radius 3 is 2.65 bits per heavy atom. The first kappa shape index (κ1) is 16.6. The number of aromatic nitrogens is 1. The van der Waals surface area contributed by atoms with Gasteiger partial charge in [0, 0.05) is 37.8 Å². The van der Waals surface area contributed by atoms with Gasteiger partial charge in [-0.1, -0.05) is 39.1 Å². The van der Waals surface area contributed by atoms with Crippen molar-refractivity contribution in [3.63, 3.8) is 0 Å². The zero-order chi connectivity index (χ0) is 15.1. The van der Waals surface area contributed by atoms with E-state index in [1.165, 1.54) is 0 Å². The number of carbonyl (C=O) groups is 1. The molecule has 0 radical (unpaired) electrons. The van der Waals surface area contributed by atoms with Gasteiger partial charge in [-0.05, 0) is 17.5 Å². The predicted octanol–water partition coefficient (Wildman–Crippen LogP) is 2.38. The zero-order valence-corrected chi connectivity index (χ0v) is 13.2. The molecule has 20 heavy (non-hydrogen) atoms. The Kier molecular flexibility index (Phi) is 6.58. The van der Waals surface area contributed by atoms with E-state index in [9.17, 15) is 4.79 Å². The number of nitrogens with two attached hydrogens (primary N) is 1. The van der Waals surface area contributed by atoms with Gasteiger partial charge in [0.05, 0.1) is 4.99 Å². The van der Waals surface area contributed by atoms with Crippen molar-refractivity contribution in [3.05, 3.63) is 30.1 Å². The highest BCUT2D eigenvalue weighted by Crippen LogP contribution is 2.15. The molecule has 1 rings (SSSR count). The third-order valence-electron chi connectivity index (χ3n) is 3.43. The molecule has 1 atom stereocenters. The summed E-state index contributed by atoms with van der Waals surface area (Å²) in [5.74, 6) is 0.432. The van der Waals surface area contributed by atoms with E-state index >= 15 is 0 Å². The molecule has 0 aromatic carbocycles. The van der Waals surface area contributed by atoms with Crippen LogP contribution in [0.15, 0.2) is 24.5 Å². The standard InChI is InChI=1S/C15H23N3OS/c1-11(2)12(3)15(19)18(8-6-14(16)20)10-13-5-4-7-17-9-13/h4-5,7,9,11-12H,6,8,10H2,1-3H3,(H2,16,20). The number of thiocarbonyl (C=S) groups is 1. The molecule has 0 saturated carbocycles. The van der Waals surface area contributed by atoms with Crippen molar-refractivity contribution in [2.75, 3.05) is 6.54 Å². The van der Waals surface area contributed by atoms with Crippen LogP contribution >= 0.6 is 12.2 Å². The summed E-state index contributed by atoms with van der Waals surface area (Å²) in [6.07, 6.45) is 4.05. The molecule has 1 unspecified atom stereocenters. The van der Waals surface area contributed by atoms with Crippen molar-refractivity contribution in [2.45, 2.75) is 33.7 Å². The fourth-order valence-corrected chi connectivity index (χ4v) is 1.89. The van der Waals surface area contributed by atoms with Crippen LogP contribution < -0.4 is 5.73 Å². The molecule has 0 spiro atoms. The lowest BCUT2D eigenvalue weighted by atomic mass is 9.96. The molecule has 0 saturated heterocycles. The van der Waals surface area contributed by atoms with E-state index in [0.29, 0.717) is 30.4 Å². The number of nitrogens with zero attached hydrogens (tertiary/aromatic N) is 2. The van der Waals surface area contributed by atoms with Crippen LogP contribution in [0, 0.1) is 11.8 Å². The van der Waals surface area contributed by atoms with E-state index in [0.717, 1.165) is 5.56 Å². The van der Waals surface area contributed by atoms with Crippen LogP contribution in [-0.4, -0.2) is 27.3 Å². The van der Waals surface area contributed by atoms with Crippen LogP contribution in [-0.2, 0) is 11.3 Å². The van der Waals surface area contributed by atoms with Gasteiger partial charge in [-0.25, -0.2) is 0 Å².